The van der Waals surface area contributed by atoms with Crippen molar-refractivity contribution in [3.8, 4) is 0 Å². The summed E-state index contributed by atoms with van der Waals surface area (Å²) in [5, 5.41) is 3.61. The van der Waals surface area contributed by atoms with Crippen LogP contribution in [0.15, 0.2) is 47.4 Å². The molecule has 0 bridgehead atoms. The van der Waals surface area contributed by atoms with E-state index in [1.165, 1.54) is 31.2 Å². The Morgan fingerprint density at radius 3 is 2.18 bits per heavy atom. The normalized spacial score (nSPS) is 13.5. The first-order valence-corrected chi connectivity index (χ1v) is 10.9. The standard InChI is InChI=1S/C19H19Cl2NO5S/c1-11(16-9-6-14(20)10-17(16)21)22-18(23)12(2)27-19(24)13-4-7-15(8-5-13)28(3,25)26/h4-12H,1-3H3,(H,22,23)/t11-,12-/m1/s1. The molecule has 0 fully saturated rings. The number of sulfone groups is 1. The minimum atomic E-state index is -3.36. The van der Waals surface area contributed by atoms with Gasteiger partial charge in [0.15, 0.2) is 15.9 Å². The molecule has 0 spiro atoms. The number of benzene rings is 2. The lowest BCUT2D eigenvalue weighted by molar-refractivity contribution is -0.129. The molecule has 6 nitrogen and oxygen atoms in total. The van der Waals surface area contributed by atoms with Gasteiger partial charge in [0.05, 0.1) is 16.5 Å². The molecule has 9 heteroatoms. The maximum atomic E-state index is 12.3. The van der Waals surface area contributed by atoms with E-state index in [1.807, 2.05) is 0 Å². The van der Waals surface area contributed by atoms with Gasteiger partial charge < -0.3 is 10.1 Å². The number of rotatable bonds is 6. The largest absolute Gasteiger partial charge is 0.449 e. The Kier molecular flexibility index (Phi) is 7.09. The maximum Gasteiger partial charge on any atom is 0.338 e. The minimum Gasteiger partial charge on any atom is -0.449 e. The lowest BCUT2D eigenvalue weighted by atomic mass is 10.1. The monoisotopic (exact) mass is 443 g/mol. The molecular formula is C19H19Cl2NO5S. The Hall–Kier alpha value is -2.09. The van der Waals surface area contributed by atoms with Crippen LogP contribution >= 0.6 is 23.2 Å². The zero-order valence-electron chi connectivity index (χ0n) is 15.4. The van der Waals surface area contributed by atoms with Crippen LogP contribution in [-0.2, 0) is 19.4 Å². The van der Waals surface area contributed by atoms with Crippen LogP contribution in [0.2, 0.25) is 10.0 Å². The molecule has 2 atom stereocenters. The Balaban J connectivity index is 2.00. The van der Waals surface area contributed by atoms with Gasteiger partial charge in [0.1, 0.15) is 0 Å². The van der Waals surface area contributed by atoms with Crippen LogP contribution in [0.5, 0.6) is 0 Å². The number of halogens is 2. The highest BCUT2D eigenvalue weighted by Gasteiger charge is 2.22. The highest BCUT2D eigenvalue weighted by Crippen LogP contribution is 2.26. The van der Waals surface area contributed by atoms with Crippen LogP contribution in [0, 0.1) is 0 Å². The van der Waals surface area contributed by atoms with Crippen molar-refractivity contribution in [3.05, 3.63) is 63.6 Å². The predicted octanol–water partition coefficient (Wildman–Crippen LogP) is 3.82. The third-order valence-corrected chi connectivity index (χ3v) is 5.65. The Morgan fingerprint density at radius 2 is 1.64 bits per heavy atom. The molecule has 0 saturated heterocycles. The van der Waals surface area contributed by atoms with E-state index in [-0.39, 0.29) is 10.5 Å². The molecular weight excluding hydrogens is 425 g/mol. The SMILES string of the molecule is C[C@@H](OC(=O)c1ccc(S(C)(=O)=O)cc1)C(=O)N[C@H](C)c1ccc(Cl)cc1Cl. The number of amides is 1. The van der Waals surface area contributed by atoms with Crippen LogP contribution in [0.3, 0.4) is 0 Å². The maximum absolute atomic E-state index is 12.3. The first-order valence-electron chi connectivity index (χ1n) is 8.25. The summed E-state index contributed by atoms with van der Waals surface area (Å²) in [4.78, 5) is 24.6. The second-order valence-electron chi connectivity index (χ2n) is 6.24. The van der Waals surface area contributed by atoms with Crippen molar-refractivity contribution in [3.63, 3.8) is 0 Å². The molecule has 0 aliphatic heterocycles. The third-order valence-electron chi connectivity index (χ3n) is 3.96. The van der Waals surface area contributed by atoms with E-state index in [0.717, 1.165) is 6.26 Å². The van der Waals surface area contributed by atoms with Gasteiger partial charge in [-0.25, -0.2) is 13.2 Å². The van der Waals surface area contributed by atoms with Crippen LogP contribution in [0.25, 0.3) is 0 Å². The molecule has 2 rings (SSSR count). The molecule has 28 heavy (non-hydrogen) atoms. The molecule has 0 heterocycles. The quantitative estimate of drug-likeness (QED) is 0.685. The van der Waals surface area contributed by atoms with Gasteiger partial charge >= 0.3 is 5.97 Å². The summed E-state index contributed by atoms with van der Waals surface area (Å²) in [6, 6.07) is 9.80. The van der Waals surface area contributed by atoms with Crippen molar-refractivity contribution in [1.29, 1.82) is 0 Å². The number of hydrogen-bond acceptors (Lipinski definition) is 5. The summed E-state index contributed by atoms with van der Waals surface area (Å²) >= 11 is 12.0. The summed E-state index contributed by atoms with van der Waals surface area (Å²) in [5.74, 6) is -1.24. The number of carbonyl (C=O) groups is 2. The molecule has 1 amide bonds. The Bertz CT molecular complexity index is 990. The van der Waals surface area contributed by atoms with E-state index in [4.69, 9.17) is 27.9 Å². The Morgan fingerprint density at radius 1 is 1.04 bits per heavy atom. The second kappa shape index (κ2) is 8.94. The first kappa shape index (κ1) is 22.2. The fourth-order valence-electron chi connectivity index (χ4n) is 2.38. The lowest BCUT2D eigenvalue weighted by Gasteiger charge is -2.19. The highest BCUT2D eigenvalue weighted by molar-refractivity contribution is 7.90. The van der Waals surface area contributed by atoms with E-state index in [1.54, 1.807) is 25.1 Å². The summed E-state index contributed by atoms with van der Waals surface area (Å²) in [6.07, 6.45) is 0.0107. The molecule has 2 aromatic carbocycles. The fourth-order valence-corrected chi connectivity index (χ4v) is 3.58. The molecule has 2 aromatic rings. The van der Waals surface area contributed by atoms with Gasteiger partial charge in [0.2, 0.25) is 0 Å². The van der Waals surface area contributed by atoms with Crippen molar-refractivity contribution in [2.45, 2.75) is 30.9 Å². The fraction of sp³-hybridized carbons (Fsp3) is 0.263. The van der Waals surface area contributed by atoms with Crippen LogP contribution in [-0.4, -0.2) is 32.7 Å². The summed E-state index contributed by atoms with van der Waals surface area (Å²) in [5.41, 5.74) is 0.815. The van der Waals surface area contributed by atoms with Crippen LogP contribution < -0.4 is 5.32 Å². The van der Waals surface area contributed by atoms with E-state index in [0.29, 0.717) is 15.6 Å². The third kappa shape index (κ3) is 5.70. The predicted molar refractivity (Wildman–Crippen MR) is 107 cm³/mol. The number of ether oxygens (including phenoxy) is 1. The minimum absolute atomic E-state index is 0.0866. The van der Waals surface area contributed by atoms with Crippen molar-refractivity contribution < 1.29 is 22.7 Å². The molecule has 1 N–H and O–H groups in total. The van der Waals surface area contributed by atoms with Gasteiger partial charge in [-0.05, 0) is 55.8 Å². The number of esters is 1. The summed E-state index contributed by atoms with van der Waals surface area (Å²) in [6.45, 7) is 3.18. The molecule has 150 valence electrons. The van der Waals surface area contributed by atoms with E-state index < -0.39 is 33.9 Å². The Labute approximate surface area is 173 Å². The average Bonchev–Trinajstić information content (AvgIpc) is 2.60. The highest BCUT2D eigenvalue weighted by atomic mass is 35.5. The van der Waals surface area contributed by atoms with Gasteiger partial charge in [-0.2, -0.15) is 0 Å². The lowest BCUT2D eigenvalue weighted by Crippen LogP contribution is -2.37. The van der Waals surface area contributed by atoms with Crippen molar-refractivity contribution in [2.24, 2.45) is 0 Å². The van der Waals surface area contributed by atoms with Gasteiger partial charge in [-0.1, -0.05) is 29.3 Å². The number of hydrogen-bond donors (Lipinski definition) is 1. The smallest absolute Gasteiger partial charge is 0.338 e. The number of nitrogens with one attached hydrogen (secondary N) is 1. The summed E-state index contributed by atoms with van der Waals surface area (Å²) < 4.78 is 28.1. The zero-order valence-corrected chi connectivity index (χ0v) is 17.7. The second-order valence-corrected chi connectivity index (χ2v) is 9.10. The zero-order chi connectivity index (χ0) is 21.1. The first-order chi connectivity index (χ1) is 13.0. The molecule has 0 aliphatic rings. The van der Waals surface area contributed by atoms with Crippen LogP contribution in [0.4, 0.5) is 0 Å². The van der Waals surface area contributed by atoms with Gasteiger partial charge in [0.25, 0.3) is 5.91 Å². The van der Waals surface area contributed by atoms with Gasteiger partial charge in [-0.15, -0.1) is 0 Å². The van der Waals surface area contributed by atoms with E-state index in [2.05, 4.69) is 5.32 Å². The summed E-state index contributed by atoms with van der Waals surface area (Å²) in [7, 11) is -3.36. The van der Waals surface area contributed by atoms with Crippen molar-refractivity contribution in [1.82, 2.24) is 5.32 Å². The topological polar surface area (TPSA) is 89.5 Å². The van der Waals surface area contributed by atoms with Crippen LogP contribution in [0.1, 0.15) is 35.8 Å². The molecule has 0 aromatic heterocycles. The molecule has 0 unspecified atom stereocenters. The van der Waals surface area contributed by atoms with Gasteiger partial charge in [0, 0.05) is 16.3 Å². The van der Waals surface area contributed by atoms with E-state index >= 15 is 0 Å². The molecule has 0 aliphatic carbocycles. The molecule has 0 radical (unpaired) electrons. The molecule has 0 saturated carbocycles. The average molecular weight is 444 g/mol. The van der Waals surface area contributed by atoms with Crippen molar-refractivity contribution in [2.75, 3.05) is 6.26 Å². The number of carbonyl (C=O) groups excluding carboxylic acids is 2. The van der Waals surface area contributed by atoms with Crippen molar-refractivity contribution >= 4 is 44.9 Å². The van der Waals surface area contributed by atoms with E-state index in [9.17, 15) is 18.0 Å². The van der Waals surface area contributed by atoms with Gasteiger partial charge in [-0.3, -0.25) is 4.79 Å².